The van der Waals surface area contributed by atoms with Crippen molar-refractivity contribution in [3.63, 3.8) is 0 Å². The van der Waals surface area contributed by atoms with E-state index in [1.807, 2.05) is 13.0 Å². The first kappa shape index (κ1) is 11.5. The highest BCUT2D eigenvalue weighted by atomic mass is 19.1. The number of Topliss-reactive ketones (excluding diaryl/α,β-unsaturated/α-hetero) is 1. The Kier molecular flexibility index (Phi) is 3.04. The molecule has 17 heavy (non-hydrogen) atoms. The second kappa shape index (κ2) is 4.49. The van der Waals surface area contributed by atoms with Gasteiger partial charge in [-0.1, -0.05) is 12.1 Å². The maximum atomic E-state index is 13.0. The third-order valence-corrected chi connectivity index (χ3v) is 2.70. The van der Waals surface area contributed by atoms with E-state index in [0.29, 0.717) is 12.1 Å². The van der Waals surface area contributed by atoms with E-state index >= 15 is 0 Å². The van der Waals surface area contributed by atoms with Crippen LogP contribution in [0, 0.1) is 12.7 Å². The van der Waals surface area contributed by atoms with Gasteiger partial charge in [0.05, 0.1) is 18.3 Å². The molecule has 0 aliphatic carbocycles. The minimum Gasteiger partial charge on any atom is -0.294 e. The number of aromatic nitrogens is 2. The molecule has 2 aromatic rings. The second-order valence-electron chi connectivity index (χ2n) is 3.99. The number of benzene rings is 1. The zero-order valence-corrected chi connectivity index (χ0v) is 9.77. The molecular weight excluding hydrogens is 219 g/mol. The van der Waals surface area contributed by atoms with Gasteiger partial charge in [-0.05, 0) is 31.5 Å². The second-order valence-corrected chi connectivity index (χ2v) is 3.99. The van der Waals surface area contributed by atoms with Crippen molar-refractivity contribution in [2.75, 3.05) is 0 Å². The number of nitrogens with zero attached hydrogens (tertiary/aromatic N) is 2. The Morgan fingerprint density at radius 2 is 2.24 bits per heavy atom. The molecule has 1 heterocycles. The van der Waals surface area contributed by atoms with E-state index < -0.39 is 0 Å². The van der Waals surface area contributed by atoms with E-state index in [2.05, 4.69) is 5.10 Å². The van der Waals surface area contributed by atoms with Gasteiger partial charge < -0.3 is 0 Å². The molecule has 0 spiro atoms. The molecule has 0 radical (unpaired) electrons. The van der Waals surface area contributed by atoms with Crippen LogP contribution in [0.15, 0.2) is 30.5 Å². The fraction of sp³-hybridized carbons (Fsp3) is 0.231. The topological polar surface area (TPSA) is 34.9 Å². The van der Waals surface area contributed by atoms with Crippen LogP contribution in [0.3, 0.4) is 0 Å². The summed E-state index contributed by atoms with van der Waals surface area (Å²) in [4.78, 5) is 11.3. The normalized spacial score (nSPS) is 10.5. The molecule has 0 saturated carbocycles. The molecule has 0 unspecified atom stereocenters. The molecule has 0 aliphatic rings. The Hall–Kier alpha value is -1.97. The highest BCUT2D eigenvalue weighted by molar-refractivity contribution is 5.94. The van der Waals surface area contributed by atoms with Crippen molar-refractivity contribution in [2.45, 2.75) is 20.4 Å². The number of carbonyl (C=O) groups is 1. The summed E-state index contributed by atoms with van der Waals surface area (Å²) in [7, 11) is 0. The van der Waals surface area contributed by atoms with Gasteiger partial charge in [-0.15, -0.1) is 0 Å². The van der Waals surface area contributed by atoms with Crippen molar-refractivity contribution >= 4 is 5.78 Å². The van der Waals surface area contributed by atoms with Crippen molar-refractivity contribution in [1.82, 2.24) is 9.78 Å². The van der Waals surface area contributed by atoms with Crippen LogP contribution in [0.25, 0.3) is 0 Å². The summed E-state index contributed by atoms with van der Waals surface area (Å²) >= 11 is 0. The van der Waals surface area contributed by atoms with Crippen molar-refractivity contribution in [2.24, 2.45) is 0 Å². The highest BCUT2D eigenvalue weighted by Crippen LogP contribution is 2.11. The average molecular weight is 232 g/mol. The van der Waals surface area contributed by atoms with Crippen LogP contribution in [0.1, 0.15) is 28.5 Å². The maximum absolute atomic E-state index is 13.0. The lowest BCUT2D eigenvalue weighted by Crippen LogP contribution is -2.05. The molecule has 3 nitrogen and oxygen atoms in total. The van der Waals surface area contributed by atoms with Crippen LogP contribution in [0.2, 0.25) is 0 Å². The molecule has 88 valence electrons. The lowest BCUT2D eigenvalue weighted by molar-refractivity contribution is 0.101. The number of halogens is 1. The van der Waals surface area contributed by atoms with E-state index in [0.717, 1.165) is 11.3 Å². The Morgan fingerprint density at radius 1 is 1.47 bits per heavy atom. The summed E-state index contributed by atoms with van der Waals surface area (Å²) in [5.41, 5.74) is 2.24. The molecule has 1 aromatic carbocycles. The summed E-state index contributed by atoms with van der Waals surface area (Å²) in [5.74, 6) is -0.271. The van der Waals surface area contributed by atoms with Gasteiger partial charge in [0.2, 0.25) is 0 Å². The minimum absolute atomic E-state index is 0.00649. The molecule has 1 aromatic heterocycles. The van der Waals surface area contributed by atoms with Gasteiger partial charge in [0.15, 0.2) is 5.78 Å². The van der Waals surface area contributed by atoms with Crippen molar-refractivity contribution in [3.8, 4) is 0 Å². The molecule has 0 amide bonds. The van der Waals surface area contributed by atoms with Gasteiger partial charge in [-0.2, -0.15) is 5.10 Å². The van der Waals surface area contributed by atoms with Crippen LogP contribution in [0.4, 0.5) is 4.39 Å². The van der Waals surface area contributed by atoms with Crippen LogP contribution >= 0.6 is 0 Å². The summed E-state index contributed by atoms with van der Waals surface area (Å²) < 4.78 is 14.7. The largest absolute Gasteiger partial charge is 0.294 e. The Bertz CT molecular complexity index is 560. The molecule has 0 atom stereocenters. The van der Waals surface area contributed by atoms with Gasteiger partial charge in [0, 0.05) is 5.69 Å². The van der Waals surface area contributed by atoms with E-state index in [9.17, 15) is 9.18 Å². The van der Waals surface area contributed by atoms with Gasteiger partial charge in [-0.3, -0.25) is 9.48 Å². The predicted molar refractivity (Wildman–Crippen MR) is 62.5 cm³/mol. The van der Waals surface area contributed by atoms with Crippen molar-refractivity contribution in [3.05, 3.63) is 53.1 Å². The summed E-state index contributed by atoms with van der Waals surface area (Å²) in [6.45, 7) is 3.82. The highest BCUT2D eigenvalue weighted by Gasteiger charge is 2.10. The molecule has 0 saturated heterocycles. The van der Waals surface area contributed by atoms with Gasteiger partial charge >= 0.3 is 0 Å². The quantitative estimate of drug-likeness (QED) is 0.762. The summed E-state index contributed by atoms with van der Waals surface area (Å²) in [6, 6.07) is 6.36. The molecular formula is C13H13FN2O. The monoisotopic (exact) mass is 232 g/mol. The van der Waals surface area contributed by atoms with Gasteiger partial charge in [0.1, 0.15) is 5.82 Å². The standard InChI is InChI=1S/C13H13FN2O/c1-9-13(10(2)17)7-15-16(9)8-11-4-3-5-12(14)6-11/h3-7H,8H2,1-2H3. The average Bonchev–Trinajstić information content (AvgIpc) is 2.61. The van der Waals surface area contributed by atoms with Crippen LogP contribution < -0.4 is 0 Å². The van der Waals surface area contributed by atoms with Crippen molar-refractivity contribution < 1.29 is 9.18 Å². The molecule has 2 rings (SSSR count). The zero-order chi connectivity index (χ0) is 12.4. The van der Waals surface area contributed by atoms with E-state index in [-0.39, 0.29) is 11.6 Å². The first-order valence-corrected chi connectivity index (χ1v) is 5.35. The van der Waals surface area contributed by atoms with Gasteiger partial charge in [-0.25, -0.2) is 4.39 Å². The first-order valence-electron chi connectivity index (χ1n) is 5.35. The lowest BCUT2D eigenvalue weighted by atomic mass is 10.2. The Balaban J connectivity index is 2.28. The predicted octanol–water partition coefficient (Wildman–Crippen LogP) is 2.58. The smallest absolute Gasteiger partial charge is 0.163 e. The van der Waals surface area contributed by atoms with Gasteiger partial charge in [0.25, 0.3) is 0 Å². The van der Waals surface area contributed by atoms with E-state index in [4.69, 9.17) is 0 Å². The number of rotatable bonds is 3. The molecule has 0 bridgehead atoms. The minimum atomic E-state index is -0.265. The van der Waals surface area contributed by atoms with Crippen LogP contribution in [-0.4, -0.2) is 15.6 Å². The Morgan fingerprint density at radius 3 is 2.82 bits per heavy atom. The lowest BCUT2D eigenvalue weighted by Gasteiger charge is -2.05. The van der Waals surface area contributed by atoms with E-state index in [1.54, 1.807) is 16.9 Å². The molecule has 0 fully saturated rings. The fourth-order valence-electron chi connectivity index (χ4n) is 1.76. The third kappa shape index (κ3) is 2.41. The molecule has 0 N–H and O–H groups in total. The number of carbonyl (C=O) groups excluding carboxylic acids is 1. The number of hydrogen-bond acceptors (Lipinski definition) is 2. The summed E-state index contributed by atoms with van der Waals surface area (Å²) in [5, 5.41) is 4.14. The molecule has 0 aliphatic heterocycles. The third-order valence-electron chi connectivity index (χ3n) is 2.70. The van der Waals surface area contributed by atoms with Crippen LogP contribution in [0.5, 0.6) is 0 Å². The first-order chi connectivity index (χ1) is 8.08. The van der Waals surface area contributed by atoms with Crippen LogP contribution in [-0.2, 0) is 6.54 Å². The number of ketones is 1. The summed E-state index contributed by atoms with van der Waals surface area (Å²) in [6.07, 6.45) is 1.55. The Labute approximate surface area is 98.9 Å². The maximum Gasteiger partial charge on any atom is 0.163 e. The SMILES string of the molecule is CC(=O)c1cnn(Cc2cccc(F)c2)c1C. The fourth-order valence-corrected chi connectivity index (χ4v) is 1.76. The zero-order valence-electron chi connectivity index (χ0n) is 9.77. The van der Waals surface area contributed by atoms with E-state index in [1.165, 1.54) is 19.1 Å². The molecule has 4 heteroatoms. The van der Waals surface area contributed by atoms with Crippen molar-refractivity contribution in [1.29, 1.82) is 0 Å². The number of hydrogen-bond donors (Lipinski definition) is 0.